The number of rotatable bonds is 8. The lowest BCUT2D eigenvalue weighted by Crippen LogP contribution is -2.29. The Hall–Kier alpha value is -3.48. The van der Waals surface area contributed by atoms with Crippen LogP contribution in [-0.4, -0.2) is 35.8 Å². The van der Waals surface area contributed by atoms with Crippen molar-refractivity contribution in [3.05, 3.63) is 59.3 Å². The fraction of sp³-hybridized carbons (Fsp3) is 0.360. The number of methoxy groups -OCH3 is 1. The van der Waals surface area contributed by atoms with Crippen LogP contribution in [0.1, 0.15) is 45.2 Å². The number of aromatic nitrogens is 2. The Morgan fingerprint density at radius 3 is 2.62 bits per heavy atom. The predicted octanol–water partition coefficient (Wildman–Crippen LogP) is 5.08. The predicted molar refractivity (Wildman–Crippen MR) is 124 cm³/mol. The zero-order valence-corrected chi connectivity index (χ0v) is 19.0. The van der Waals surface area contributed by atoms with E-state index in [9.17, 15) is 4.79 Å². The maximum atomic E-state index is 13.2. The number of esters is 1. The van der Waals surface area contributed by atoms with Gasteiger partial charge in [0, 0.05) is 5.70 Å². The van der Waals surface area contributed by atoms with Crippen LogP contribution in [0, 0.1) is 0 Å². The van der Waals surface area contributed by atoms with Crippen LogP contribution in [0.25, 0.3) is 11.0 Å². The van der Waals surface area contributed by atoms with Crippen molar-refractivity contribution in [2.75, 3.05) is 25.6 Å². The molecule has 1 aliphatic rings. The van der Waals surface area contributed by atoms with Gasteiger partial charge in [-0.05, 0) is 50.1 Å². The summed E-state index contributed by atoms with van der Waals surface area (Å²) in [5.41, 5.74) is 4.12. The average molecular weight is 436 g/mol. The third-order valence-corrected chi connectivity index (χ3v) is 5.51. The molecule has 0 amide bonds. The van der Waals surface area contributed by atoms with E-state index in [1.54, 1.807) is 7.11 Å². The van der Waals surface area contributed by atoms with E-state index in [0.29, 0.717) is 42.7 Å². The summed E-state index contributed by atoms with van der Waals surface area (Å²) in [6.45, 7) is 6.68. The Morgan fingerprint density at radius 2 is 1.91 bits per heavy atom. The van der Waals surface area contributed by atoms with Gasteiger partial charge < -0.3 is 19.5 Å². The van der Waals surface area contributed by atoms with Crippen LogP contribution >= 0.6 is 0 Å². The molecule has 4 rings (SSSR count). The SMILES string of the molecule is CCCC1=C(C(=O)OCC)C(c2ccc(OCC)c(OC)c2)n2c(nc3ccccc32)N1. The summed E-state index contributed by atoms with van der Waals surface area (Å²) in [7, 11) is 1.62. The first-order valence-electron chi connectivity index (χ1n) is 11.1. The van der Waals surface area contributed by atoms with Crippen LogP contribution in [0.5, 0.6) is 11.5 Å². The molecule has 2 heterocycles. The summed E-state index contributed by atoms with van der Waals surface area (Å²) in [5.74, 6) is 1.67. The fourth-order valence-electron chi connectivity index (χ4n) is 4.23. The lowest BCUT2D eigenvalue weighted by molar-refractivity contribution is -0.139. The maximum Gasteiger partial charge on any atom is 0.338 e. The minimum Gasteiger partial charge on any atom is -0.493 e. The molecular weight excluding hydrogens is 406 g/mol. The van der Waals surface area contributed by atoms with E-state index >= 15 is 0 Å². The number of carbonyl (C=O) groups is 1. The zero-order valence-electron chi connectivity index (χ0n) is 19.0. The fourth-order valence-corrected chi connectivity index (χ4v) is 4.23. The Balaban J connectivity index is 1.97. The molecule has 7 heteroatoms. The summed E-state index contributed by atoms with van der Waals surface area (Å²) >= 11 is 0. The molecule has 0 saturated heterocycles. The number of hydrogen-bond acceptors (Lipinski definition) is 6. The van der Waals surface area contributed by atoms with Crippen LogP contribution in [0.2, 0.25) is 0 Å². The number of para-hydroxylation sites is 2. The molecule has 0 radical (unpaired) electrons. The van der Waals surface area contributed by atoms with Crippen molar-refractivity contribution < 1.29 is 19.0 Å². The number of nitrogens with one attached hydrogen (secondary N) is 1. The number of anilines is 1. The van der Waals surface area contributed by atoms with E-state index in [-0.39, 0.29) is 5.97 Å². The van der Waals surface area contributed by atoms with E-state index in [1.807, 2.05) is 56.3 Å². The van der Waals surface area contributed by atoms with Crippen molar-refractivity contribution in [1.82, 2.24) is 9.55 Å². The topological polar surface area (TPSA) is 74.6 Å². The van der Waals surface area contributed by atoms with E-state index in [2.05, 4.69) is 16.8 Å². The number of ether oxygens (including phenoxy) is 3. The van der Waals surface area contributed by atoms with Crippen LogP contribution in [0.15, 0.2) is 53.7 Å². The largest absolute Gasteiger partial charge is 0.493 e. The van der Waals surface area contributed by atoms with Gasteiger partial charge in [0.25, 0.3) is 0 Å². The number of fused-ring (bicyclic) bond motifs is 3. The number of imidazole rings is 1. The minimum absolute atomic E-state index is 0.304. The van der Waals surface area contributed by atoms with Gasteiger partial charge in [-0.3, -0.25) is 4.57 Å². The summed E-state index contributed by atoms with van der Waals surface area (Å²) < 4.78 is 18.9. The lowest BCUT2D eigenvalue weighted by Gasteiger charge is -2.31. The molecule has 1 atom stereocenters. The van der Waals surface area contributed by atoms with E-state index in [1.165, 1.54) is 0 Å². The second-order valence-corrected chi connectivity index (χ2v) is 7.53. The Kier molecular flexibility index (Phi) is 6.35. The molecule has 3 aromatic rings. The highest BCUT2D eigenvalue weighted by Crippen LogP contribution is 2.42. The van der Waals surface area contributed by atoms with Gasteiger partial charge in [-0.1, -0.05) is 31.5 Å². The molecular formula is C25H29N3O4. The first-order valence-corrected chi connectivity index (χ1v) is 11.1. The summed E-state index contributed by atoms with van der Waals surface area (Å²) in [4.78, 5) is 18.0. The third-order valence-electron chi connectivity index (χ3n) is 5.51. The van der Waals surface area contributed by atoms with Crippen molar-refractivity contribution in [2.24, 2.45) is 0 Å². The number of allylic oxidation sites excluding steroid dienone is 1. The number of carbonyl (C=O) groups excluding carboxylic acids is 1. The highest BCUT2D eigenvalue weighted by Gasteiger charge is 2.36. The van der Waals surface area contributed by atoms with Crippen LogP contribution in [0.3, 0.4) is 0 Å². The van der Waals surface area contributed by atoms with Gasteiger partial charge in [0.05, 0.1) is 43.0 Å². The zero-order chi connectivity index (χ0) is 22.7. The molecule has 2 aromatic carbocycles. The summed E-state index contributed by atoms with van der Waals surface area (Å²) in [6.07, 6.45) is 1.59. The van der Waals surface area contributed by atoms with Gasteiger partial charge >= 0.3 is 5.97 Å². The van der Waals surface area contributed by atoms with E-state index < -0.39 is 6.04 Å². The molecule has 0 saturated carbocycles. The van der Waals surface area contributed by atoms with E-state index in [4.69, 9.17) is 19.2 Å². The maximum absolute atomic E-state index is 13.2. The minimum atomic E-state index is -0.413. The smallest absolute Gasteiger partial charge is 0.338 e. The highest BCUT2D eigenvalue weighted by atomic mass is 16.5. The number of benzene rings is 2. The Bertz CT molecular complexity index is 1170. The number of hydrogen-bond donors (Lipinski definition) is 1. The summed E-state index contributed by atoms with van der Waals surface area (Å²) in [5, 5.41) is 3.41. The first kappa shape index (κ1) is 21.7. The molecule has 1 N–H and O–H groups in total. The monoisotopic (exact) mass is 435 g/mol. The molecule has 32 heavy (non-hydrogen) atoms. The normalized spacial score (nSPS) is 15.3. The molecule has 7 nitrogen and oxygen atoms in total. The quantitative estimate of drug-likeness (QED) is 0.498. The van der Waals surface area contributed by atoms with E-state index in [0.717, 1.165) is 28.7 Å². The third kappa shape index (κ3) is 3.79. The van der Waals surface area contributed by atoms with Gasteiger partial charge in [-0.2, -0.15) is 0 Å². The molecule has 1 unspecified atom stereocenters. The molecule has 0 aliphatic carbocycles. The van der Waals surface area contributed by atoms with Gasteiger partial charge in [-0.15, -0.1) is 0 Å². The van der Waals surface area contributed by atoms with Crippen molar-refractivity contribution in [2.45, 2.75) is 39.7 Å². The van der Waals surface area contributed by atoms with Crippen LogP contribution in [-0.2, 0) is 9.53 Å². The average Bonchev–Trinajstić information content (AvgIpc) is 3.17. The van der Waals surface area contributed by atoms with Crippen molar-refractivity contribution >= 4 is 23.0 Å². The molecule has 1 aromatic heterocycles. The van der Waals surface area contributed by atoms with Crippen molar-refractivity contribution in [3.8, 4) is 11.5 Å². The van der Waals surface area contributed by atoms with Gasteiger partial charge in [0.15, 0.2) is 11.5 Å². The standard InChI is InChI=1S/C25H29N3O4/c1-5-10-18-22(24(29)32-7-3)23(16-13-14-20(31-6-2)21(15-16)30-4)28-19-12-9-8-11-17(19)26-25(28)27-18/h8-9,11-15,23H,5-7,10H2,1-4H3,(H,26,27). The molecule has 0 fully saturated rings. The van der Waals surface area contributed by atoms with Gasteiger partial charge in [0.2, 0.25) is 5.95 Å². The second kappa shape index (κ2) is 9.34. The second-order valence-electron chi connectivity index (χ2n) is 7.53. The van der Waals surface area contributed by atoms with Crippen LogP contribution < -0.4 is 14.8 Å². The Morgan fingerprint density at radius 1 is 1.09 bits per heavy atom. The number of nitrogens with zero attached hydrogens (tertiary/aromatic N) is 2. The molecule has 0 bridgehead atoms. The first-order chi connectivity index (χ1) is 15.6. The Labute approximate surface area is 188 Å². The van der Waals surface area contributed by atoms with Crippen molar-refractivity contribution in [3.63, 3.8) is 0 Å². The highest BCUT2D eigenvalue weighted by molar-refractivity contribution is 5.94. The summed E-state index contributed by atoms with van der Waals surface area (Å²) in [6, 6.07) is 13.3. The lowest BCUT2D eigenvalue weighted by atomic mass is 9.93. The van der Waals surface area contributed by atoms with Crippen molar-refractivity contribution in [1.29, 1.82) is 0 Å². The van der Waals surface area contributed by atoms with Gasteiger partial charge in [0.1, 0.15) is 0 Å². The van der Waals surface area contributed by atoms with Crippen LogP contribution in [0.4, 0.5) is 5.95 Å². The molecule has 1 aliphatic heterocycles. The molecule has 168 valence electrons. The van der Waals surface area contributed by atoms with Gasteiger partial charge in [-0.25, -0.2) is 9.78 Å². The molecule has 0 spiro atoms.